The lowest BCUT2D eigenvalue weighted by Gasteiger charge is -2.19. The van der Waals surface area contributed by atoms with Gasteiger partial charge in [0.05, 0.1) is 15.6 Å². The molecular weight excluding hydrogens is 246 g/mol. The quantitative estimate of drug-likeness (QED) is 0.818. The number of nitrogens with zero attached hydrogens (tertiary/aromatic N) is 1. The number of hydrogen-bond donors (Lipinski definition) is 0. The molecule has 5 heteroatoms. The fourth-order valence-corrected chi connectivity index (χ4v) is 2.94. The van der Waals surface area contributed by atoms with Gasteiger partial charge in [-0.05, 0) is 31.0 Å². The summed E-state index contributed by atoms with van der Waals surface area (Å²) < 4.78 is 22.7. The van der Waals surface area contributed by atoms with Crippen LogP contribution in [0.5, 0.6) is 0 Å². The molecule has 2 rings (SSSR count). The molecule has 0 saturated carbocycles. The van der Waals surface area contributed by atoms with Crippen LogP contribution < -0.4 is 4.90 Å². The normalized spacial score (nSPS) is 16.8. The molecule has 0 amide bonds. The average molecular weight is 260 g/mol. The molecule has 1 saturated heterocycles. The molecular formula is C11H14ClNO2S. The second-order valence-electron chi connectivity index (χ2n) is 4.08. The van der Waals surface area contributed by atoms with Crippen LogP contribution in [0, 0.1) is 0 Å². The molecule has 0 radical (unpaired) electrons. The maximum Gasteiger partial charge on any atom is 0.175 e. The van der Waals surface area contributed by atoms with Gasteiger partial charge in [0, 0.05) is 19.3 Å². The first kappa shape index (κ1) is 11.7. The van der Waals surface area contributed by atoms with Gasteiger partial charge in [0.2, 0.25) is 0 Å². The SMILES string of the molecule is CS(=O)(=O)c1ccc(N2CCCC2)c(Cl)c1. The standard InChI is InChI=1S/C11H14ClNO2S/c1-16(14,15)9-4-5-11(10(12)8-9)13-6-2-3-7-13/h4-5,8H,2-3,6-7H2,1H3. The Bertz CT molecular complexity index is 493. The van der Waals surface area contributed by atoms with E-state index in [2.05, 4.69) is 4.90 Å². The number of anilines is 1. The summed E-state index contributed by atoms with van der Waals surface area (Å²) in [7, 11) is -3.17. The zero-order valence-corrected chi connectivity index (χ0v) is 10.7. The van der Waals surface area contributed by atoms with Crippen LogP contribution in [0.1, 0.15) is 12.8 Å². The van der Waals surface area contributed by atoms with Crippen LogP contribution in [0.25, 0.3) is 0 Å². The van der Waals surface area contributed by atoms with Crippen LogP contribution in [0.15, 0.2) is 23.1 Å². The van der Waals surface area contributed by atoms with Crippen LogP contribution in [-0.4, -0.2) is 27.8 Å². The second-order valence-corrected chi connectivity index (χ2v) is 6.50. The van der Waals surface area contributed by atoms with Crippen molar-refractivity contribution in [3.05, 3.63) is 23.2 Å². The Kier molecular flexibility index (Phi) is 3.13. The fourth-order valence-electron chi connectivity index (χ4n) is 1.93. The van der Waals surface area contributed by atoms with Gasteiger partial charge >= 0.3 is 0 Å². The number of rotatable bonds is 2. The highest BCUT2D eigenvalue weighted by atomic mass is 35.5. The monoisotopic (exact) mass is 259 g/mol. The zero-order chi connectivity index (χ0) is 11.8. The Labute approximate surface area is 101 Å². The van der Waals surface area contributed by atoms with Gasteiger partial charge in [-0.3, -0.25) is 0 Å². The van der Waals surface area contributed by atoms with E-state index in [1.165, 1.54) is 25.2 Å². The molecule has 0 aromatic heterocycles. The van der Waals surface area contributed by atoms with Gasteiger partial charge in [0.15, 0.2) is 9.84 Å². The van der Waals surface area contributed by atoms with Crippen molar-refractivity contribution in [1.82, 2.24) is 0 Å². The molecule has 1 fully saturated rings. The Hall–Kier alpha value is -0.740. The van der Waals surface area contributed by atoms with E-state index >= 15 is 0 Å². The first-order valence-electron chi connectivity index (χ1n) is 5.23. The molecule has 3 nitrogen and oxygen atoms in total. The summed E-state index contributed by atoms with van der Waals surface area (Å²) in [6.45, 7) is 2.00. The molecule has 0 spiro atoms. The second kappa shape index (κ2) is 4.26. The van der Waals surface area contributed by atoms with Crippen molar-refractivity contribution >= 4 is 27.1 Å². The topological polar surface area (TPSA) is 37.4 Å². The lowest BCUT2D eigenvalue weighted by Crippen LogP contribution is -2.18. The smallest absolute Gasteiger partial charge is 0.175 e. The van der Waals surface area contributed by atoms with Crippen LogP contribution in [-0.2, 0) is 9.84 Å². The summed E-state index contributed by atoms with van der Waals surface area (Å²) in [4.78, 5) is 2.47. The van der Waals surface area contributed by atoms with Crippen LogP contribution >= 0.6 is 11.6 Å². The van der Waals surface area contributed by atoms with Crippen molar-refractivity contribution in [2.24, 2.45) is 0 Å². The minimum atomic E-state index is -3.17. The number of sulfone groups is 1. The fraction of sp³-hybridized carbons (Fsp3) is 0.455. The number of halogens is 1. The first-order chi connectivity index (χ1) is 7.48. The van der Waals surface area contributed by atoms with Crippen molar-refractivity contribution in [3.8, 4) is 0 Å². The maximum atomic E-state index is 11.3. The third-order valence-electron chi connectivity index (χ3n) is 2.79. The number of benzene rings is 1. The van der Waals surface area contributed by atoms with Crippen molar-refractivity contribution < 1.29 is 8.42 Å². The van der Waals surface area contributed by atoms with Crippen molar-refractivity contribution in [2.45, 2.75) is 17.7 Å². The highest BCUT2D eigenvalue weighted by Crippen LogP contribution is 2.30. The average Bonchev–Trinajstić information content (AvgIpc) is 2.69. The van der Waals surface area contributed by atoms with E-state index in [0.717, 1.165) is 18.8 Å². The summed E-state index contributed by atoms with van der Waals surface area (Å²) in [5.74, 6) is 0. The molecule has 1 aliphatic rings. The molecule has 1 aromatic rings. The molecule has 0 unspecified atom stereocenters. The Morgan fingerprint density at radius 1 is 1.25 bits per heavy atom. The molecule has 1 aromatic carbocycles. The van der Waals surface area contributed by atoms with Crippen molar-refractivity contribution in [3.63, 3.8) is 0 Å². The predicted octanol–water partition coefficient (Wildman–Crippen LogP) is 2.34. The highest BCUT2D eigenvalue weighted by molar-refractivity contribution is 7.90. The van der Waals surface area contributed by atoms with Gasteiger partial charge in [0.1, 0.15) is 0 Å². The van der Waals surface area contributed by atoms with E-state index in [0.29, 0.717) is 5.02 Å². The summed E-state index contributed by atoms with van der Waals surface area (Å²) >= 11 is 6.11. The van der Waals surface area contributed by atoms with E-state index in [1.807, 2.05) is 0 Å². The van der Waals surface area contributed by atoms with Crippen molar-refractivity contribution in [2.75, 3.05) is 24.2 Å². The van der Waals surface area contributed by atoms with E-state index in [4.69, 9.17) is 11.6 Å². The van der Waals surface area contributed by atoms with Gasteiger partial charge in [0.25, 0.3) is 0 Å². The molecule has 0 N–H and O–H groups in total. The lowest BCUT2D eigenvalue weighted by molar-refractivity contribution is 0.602. The van der Waals surface area contributed by atoms with Crippen LogP contribution in [0.2, 0.25) is 5.02 Å². The minimum Gasteiger partial charge on any atom is -0.370 e. The van der Waals surface area contributed by atoms with Gasteiger partial charge in [-0.1, -0.05) is 11.6 Å². The van der Waals surface area contributed by atoms with Gasteiger partial charge in [-0.25, -0.2) is 8.42 Å². The zero-order valence-electron chi connectivity index (χ0n) is 9.11. The molecule has 0 bridgehead atoms. The van der Waals surface area contributed by atoms with E-state index in [-0.39, 0.29) is 4.90 Å². The third kappa shape index (κ3) is 2.33. The van der Waals surface area contributed by atoms with E-state index in [9.17, 15) is 8.42 Å². The summed E-state index contributed by atoms with van der Waals surface area (Å²) in [5.41, 5.74) is 0.937. The first-order valence-corrected chi connectivity index (χ1v) is 7.50. The Morgan fingerprint density at radius 2 is 1.88 bits per heavy atom. The van der Waals surface area contributed by atoms with Gasteiger partial charge in [-0.15, -0.1) is 0 Å². The maximum absolute atomic E-state index is 11.3. The third-order valence-corrected chi connectivity index (χ3v) is 4.21. The molecule has 0 aliphatic carbocycles. The number of hydrogen-bond acceptors (Lipinski definition) is 3. The molecule has 1 aliphatic heterocycles. The molecule has 88 valence electrons. The summed E-state index contributed by atoms with van der Waals surface area (Å²) in [6, 6.07) is 4.95. The van der Waals surface area contributed by atoms with Crippen molar-refractivity contribution in [1.29, 1.82) is 0 Å². The van der Waals surface area contributed by atoms with E-state index in [1.54, 1.807) is 12.1 Å². The summed E-state index contributed by atoms with van der Waals surface area (Å²) in [6.07, 6.45) is 3.53. The van der Waals surface area contributed by atoms with Crippen LogP contribution in [0.4, 0.5) is 5.69 Å². The Morgan fingerprint density at radius 3 is 2.38 bits per heavy atom. The molecule has 16 heavy (non-hydrogen) atoms. The summed E-state index contributed by atoms with van der Waals surface area (Å²) in [5, 5.41) is 0.518. The lowest BCUT2D eigenvalue weighted by atomic mass is 10.3. The van der Waals surface area contributed by atoms with Crippen LogP contribution in [0.3, 0.4) is 0 Å². The minimum absolute atomic E-state index is 0.278. The largest absolute Gasteiger partial charge is 0.370 e. The Balaban J connectivity index is 2.37. The predicted molar refractivity (Wildman–Crippen MR) is 66.0 cm³/mol. The van der Waals surface area contributed by atoms with Gasteiger partial charge in [-0.2, -0.15) is 0 Å². The molecule has 1 heterocycles. The highest BCUT2D eigenvalue weighted by Gasteiger charge is 2.17. The van der Waals surface area contributed by atoms with Gasteiger partial charge < -0.3 is 4.90 Å². The molecule has 0 atom stereocenters. The van der Waals surface area contributed by atoms with E-state index < -0.39 is 9.84 Å².